The maximum Gasteiger partial charge on any atom is 0.292 e. The third-order valence-corrected chi connectivity index (χ3v) is 2.30. The highest BCUT2D eigenvalue weighted by Crippen LogP contribution is 2.26. The SMILES string of the molecule is CC(C)(Nc1ccc([N+](=O)[O-])c(N)c1)C(N)=O. The largest absolute Gasteiger partial charge is 0.393 e. The lowest BCUT2D eigenvalue weighted by Gasteiger charge is -2.23. The molecule has 17 heavy (non-hydrogen) atoms. The van der Waals surface area contributed by atoms with Gasteiger partial charge in [-0.25, -0.2) is 0 Å². The third-order valence-electron chi connectivity index (χ3n) is 2.30. The predicted molar refractivity (Wildman–Crippen MR) is 64.4 cm³/mol. The quantitative estimate of drug-likeness (QED) is 0.407. The lowest BCUT2D eigenvalue weighted by Crippen LogP contribution is -2.45. The molecule has 0 aromatic heterocycles. The molecule has 0 saturated carbocycles. The van der Waals surface area contributed by atoms with Gasteiger partial charge in [0.1, 0.15) is 11.2 Å². The molecule has 7 heteroatoms. The minimum atomic E-state index is -0.956. The number of rotatable bonds is 4. The van der Waals surface area contributed by atoms with E-state index < -0.39 is 16.4 Å². The summed E-state index contributed by atoms with van der Waals surface area (Å²) in [6.07, 6.45) is 0. The second-order valence-electron chi connectivity index (χ2n) is 4.14. The average molecular weight is 238 g/mol. The first-order chi connectivity index (χ1) is 7.74. The fourth-order valence-electron chi connectivity index (χ4n) is 1.22. The molecular formula is C10H14N4O3. The van der Waals surface area contributed by atoms with Gasteiger partial charge < -0.3 is 16.8 Å². The van der Waals surface area contributed by atoms with Crippen LogP contribution in [0.5, 0.6) is 0 Å². The fraction of sp³-hybridized carbons (Fsp3) is 0.300. The van der Waals surface area contributed by atoms with Gasteiger partial charge in [-0.15, -0.1) is 0 Å². The van der Waals surface area contributed by atoms with Crippen molar-refractivity contribution in [3.63, 3.8) is 0 Å². The van der Waals surface area contributed by atoms with Crippen molar-refractivity contribution < 1.29 is 9.72 Å². The lowest BCUT2D eigenvalue weighted by atomic mass is 10.0. The molecule has 0 heterocycles. The van der Waals surface area contributed by atoms with Gasteiger partial charge in [-0.05, 0) is 26.0 Å². The zero-order valence-corrected chi connectivity index (χ0v) is 9.56. The van der Waals surface area contributed by atoms with Gasteiger partial charge in [0.05, 0.1) is 4.92 Å². The van der Waals surface area contributed by atoms with Crippen LogP contribution in [0.25, 0.3) is 0 Å². The van der Waals surface area contributed by atoms with E-state index in [4.69, 9.17) is 11.5 Å². The second kappa shape index (κ2) is 4.28. The molecule has 1 rings (SSSR count). The fourth-order valence-corrected chi connectivity index (χ4v) is 1.22. The molecule has 5 N–H and O–H groups in total. The van der Waals surface area contributed by atoms with E-state index in [-0.39, 0.29) is 11.4 Å². The van der Waals surface area contributed by atoms with Crippen LogP contribution in [0.4, 0.5) is 17.1 Å². The van der Waals surface area contributed by atoms with E-state index in [1.165, 1.54) is 18.2 Å². The summed E-state index contributed by atoms with van der Waals surface area (Å²) >= 11 is 0. The van der Waals surface area contributed by atoms with Crippen molar-refractivity contribution in [2.75, 3.05) is 11.1 Å². The summed E-state index contributed by atoms with van der Waals surface area (Å²) in [4.78, 5) is 21.1. The number of amides is 1. The van der Waals surface area contributed by atoms with Crippen molar-refractivity contribution in [1.29, 1.82) is 0 Å². The van der Waals surface area contributed by atoms with Crippen molar-refractivity contribution in [3.8, 4) is 0 Å². The topological polar surface area (TPSA) is 124 Å². The van der Waals surface area contributed by atoms with Crippen molar-refractivity contribution in [2.45, 2.75) is 19.4 Å². The summed E-state index contributed by atoms with van der Waals surface area (Å²) in [7, 11) is 0. The van der Waals surface area contributed by atoms with Gasteiger partial charge in [-0.3, -0.25) is 14.9 Å². The Bertz CT molecular complexity index is 471. The van der Waals surface area contributed by atoms with Gasteiger partial charge in [0.15, 0.2) is 0 Å². The average Bonchev–Trinajstić information content (AvgIpc) is 2.15. The summed E-state index contributed by atoms with van der Waals surface area (Å²) in [5.74, 6) is -0.533. The zero-order chi connectivity index (χ0) is 13.2. The van der Waals surface area contributed by atoms with E-state index in [2.05, 4.69) is 5.32 Å². The highest BCUT2D eigenvalue weighted by atomic mass is 16.6. The van der Waals surface area contributed by atoms with Gasteiger partial charge in [-0.1, -0.05) is 0 Å². The molecule has 0 radical (unpaired) electrons. The van der Waals surface area contributed by atoms with Gasteiger partial charge in [-0.2, -0.15) is 0 Å². The number of nitrogens with one attached hydrogen (secondary N) is 1. The van der Waals surface area contributed by atoms with Crippen molar-refractivity contribution in [1.82, 2.24) is 0 Å². The molecule has 0 spiro atoms. The Labute approximate surface area is 97.9 Å². The normalized spacial score (nSPS) is 10.9. The Morgan fingerprint density at radius 2 is 2.06 bits per heavy atom. The van der Waals surface area contributed by atoms with E-state index in [1.807, 2.05) is 0 Å². The Morgan fingerprint density at radius 1 is 1.47 bits per heavy atom. The summed E-state index contributed by atoms with van der Waals surface area (Å²) < 4.78 is 0. The van der Waals surface area contributed by atoms with Crippen LogP contribution in [0, 0.1) is 10.1 Å². The second-order valence-corrected chi connectivity index (χ2v) is 4.14. The maximum atomic E-state index is 11.1. The minimum absolute atomic E-state index is 0.0280. The number of carbonyl (C=O) groups excluding carboxylic acids is 1. The number of anilines is 2. The van der Waals surface area contributed by atoms with E-state index in [9.17, 15) is 14.9 Å². The number of primary amides is 1. The number of nitro groups is 1. The third kappa shape index (κ3) is 2.83. The number of benzene rings is 1. The molecule has 1 aromatic rings. The van der Waals surface area contributed by atoms with Crippen molar-refractivity contribution >= 4 is 23.0 Å². The standard InChI is InChI=1S/C10H14N4O3/c1-10(2,9(12)15)13-6-3-4-8(14(16)17)7(11)5-6/h3-5,13H,11H2,1-2H3,(H2,12,15). The molecule has 0 aliphatic rings. The molecule has 1 amide bonds. The Morgan fingerprint density at radius 3 is 2.47 bits per heavy atom. The Kier molecular flexibility index (Phi) is 3.21. The molecule has 0 saturated heterocycles. The zero-order valence-electron chi connectivity index (χ0n) is 9.56. The summed E-state index contributed by atoms with van der Waals surface area (Å²) in [6.45, 7) is 3.21. The van der Waals surface area contributed by atoms with Crippen LogP contribution in [0.15, 0.2) is 18.2 Å². The van der Waals surface area contributed by atoms with Gasteiger partial charge in [0, 0.05) is 11.8 Å². The molecular weight excluding hydrogens is 224 g/mol. The first-order valence-corrected chi connectivity index (χ1v) is 4.86. The smallest absolute Gasteiger partial charge is 0.292 e. The van der Waals surface area contributed by atoms with E-state index in [0.29, 0.717) is 5.69 Å². The number of hydrogen-bond donors (Lipinski definition) is 3. The van der Waals surface area contributed by atoms with Crippen LogP contribution in [0.3, 0.4) is 0 Å². The summed E-state index contributed by atoms with van der Waals surface area (Å²) in [5, 5.41) is 13.4. The van der Waals surface area contributed by atoms with Gasteiger partial charge >= 0.3 is 0 Å². The number of nitrogen functional groups attached to an aromatic ring is 1. The first kappa shape index (κ1) is 12.8. The predicted octanol–water partition coefficient (Wildman–Crippen LogP) is 0.853. The number of nitrogens with two attached hydrogens (primary N) is 2. The van der Waals surface area contributed by atoms with Crippen molar-refractivity contribution in [2.24, 2.45) is 5.73 Å². The Balaban J connectivity index is 2.99. The first-order valence-electron chi connectivity index (χ1n) is 4.86. The highest BCUT2D eigenvalue weighted by Gasteiger charge is 2.24. The van der Waals surface area contributed by atoms with Crippen molar-refractivity contribution in [3.05, 3.63) is 28.3 Å². The maximum absolute atomic E-state index is 11.1. The van der Waals surface area contributed by atoms with Gasteiger partial charge in [0.25, 0.3) is 5.69 Å². The number of hydrogen-bond acceptors (Lipinski definition) is 5. The minimum Gasteiger partial charge on any atom is -0.393 e. The van der Waals surface area contributed by atoms with Crippen LogP contribution < -0.4 is 16.8 Å². The van der Waals surface area contributed by atoms with Crippen LogP contribution >= 0.6 is 0 Å². The van der Waals surface area contributed by atoms with Crippen LogP contribution in [-0.4, -0.2) is 16.4 Å². The monoisotopic (exact) mass is 238 g/mol. The Hall–Kier alpha value is -2.31. The molecule has 0 aliphatic carbocycles. The number of nitrogens with zero attached hydrogens (tertiary/aromatic N) is 1. The summed E-state index contributed by atoms with van der Waals surface area (Å²) in [5.41, 5.74) is 10.1. The van der Waals surface area contributed by atoms with Crippen LogP contribution in [0.1, 0.15) is 13.8 Å². The van der Waals surface area contributed by atoms with Crippen LogP contribution in [-0.2, 0) is 4.79 Å². The van der Waals surface area contributed by atoms with E-state index in [1.54, 1.807) is 13.8 Å². The molecule has 0 fully saturated rings. The molecule has 92 valence electrons. The van der Waals surface area contributed by atoms with E-state index in [0.717, 1.165) is 0 Å². The van der Waals surface area contributed by atoms with Crippen LogP contribution in [0.2, 0.25) is 0 Å². The molecule has 0 bridgehead atoms. The molecule has 7 nitrogen and oxygen atoms in total. The highest BCUT2D eigenvalue weighted by molar-refractivity contribution is 5.87. The number of nitro benzene ring substituents is 1. The lowest BCUT2D eigenvalue weighted by molar-refractivity contribution is -0.383. The van der Waals surface area contributed by atoms with Gasteiger partial charge in [0.2, 0.25) is 5.91 Å². The van der Waals surface area contributed by atoms with E-state index >= 15 is 0 Å². The molecule has 0 aliphatic heterocycles. The molecule has 0 atom stereocenters. The molecule has 1 aromatic carbocycles. The summed E-state index contributed by atoms with van der Waals surface area (Å²) in [6, 6.07) is 4.14. The molecule has 0 unspecified atom stereocenters. The number of carbonyl (C=O) groups is 1.